The highest BCUT2D eigenvalue weighted by Gasteiger charge is 2.16. The monoisotopic (exact) mass is 313 g/mol. The van der Waals surface area contributed by atoms with Gasteiger partial charge in [-0.05, 0) is 31.0 Å². The second-order valence-electron chi connectivity index (χ2n) is 4.89. The van der Waals surface area contributed by atoms with Crippen molar-refractivity contribution in [2.24, 2.45) is 0 Å². The van der Waals surface area contributed by atoms with E-state index in [0.717, 1.165) is 25.0 Å². The van der Waals surface area contributed by atoms with E-state index in [2.05, 4.69) is 5.32 Å². The molecular formula is C15H20FNO3S. The van der Waals surface area contributed by atoms with Crippen LogP contribution in [0, 0.1) is 5.82 Å². The molecule has 0 radical (unpaired) electrons. The molecule has 1 aliphatic heterocycles. The maximum Gasteiger partial charge on any atom is 0.230 e. The summed E-state index contributed by atoms with van der Waals surface area (Å²) in [5, 5.41) is 2.86. The molecular weight excluding hydrogens is 293 g/mol. The van der Waals surface area contributed by atoms with Crippen LogP contribution in [-0.2, 0) is 15.3 Å². The van der Waals surface area contributed by atoms with Crippen molar-refractivity contribution in [2.45, 2.75) is 24.7 Å². The molecule has 1 N–H and O–H groups in total. The third kappa shape index (κ3) is 5.21. The zero-order chi connectivity index (χ0) is 15.1. The van der Waals surface area contributed by atoms with Crippen LogP contribution in [0.1, 0.15) is 18.4 Å². The van der Waals surface area contributed by atoms with Crippen LogP contribution in [0.15, 0.2) is 18.2 Å². The van der Waals surface area contributed by atoms with Crippen LogP contribution in [0.5, 0.6) is 5.75 Å². The fraction of sp³-hybridized carbons (Fsp3) is 0.533. The highest BCUT2D eigenvalue weighted by atomic mass is 32.2. The van der Waals surface area contributed by atoms with Gasteiger partial charge in [-0.15, -0.1) is 11.8 Å². The van der Waals surface area contributed by atoms with Gasteiger partial charge in [-0.2, -0.15) is 0 Å². The maximum atomic E-state index is 13.2. The van der Waals surface area contributed by atoms with E-state index in [1.54, 1.807) is 13.2 Å². The highest BCUT2D eigenvalue weighted by molar-refractivity contribution is 7.99. The molecule has 1 aromatic carbocycles. The lowest BCUT2D eigenvalue weighted by Crippen LogP contribution is -2.32. The number of ether oxygens (including phenoxy) is 2. The van der Waals surface area contributed by atoms with Crippen LogP contribution in [0.3, 0.4) is 0 Å². The number of rotatable bonds is 7. The first kappa shape index (κ1) is 16.1. The Morgan fingerprint density at radius 3 is 3.14 bits per heavy atom. The largest absolute Gasteiger partial charge is 0.496 e. The maximum absolute atomic E-state index is 13.2. The van der Waals surface area contributed by atoms with Crippen LogP contribution >= 0.6 is 11.8 Å². The van der Waals surface area contributed by atoms with Crippen molar-refractivity contribution in [1.82, 2.24) is 5.32 Å². The van der Waals surface area contributed by atoms with E-state index >= 15 is 0 Å². The molecule has 0 saturated carbocycles. The lowest BCUT2D eigenvalue weighted by molar-refractivity contribution is -0.119. The van der Waals surface area contributed by atoms with E-state index in [1.165, 1.54) is 23.9 Å². The summed E-state index contributed by atoms with van der Waals surface area (Å²) in [4.78, 5) is 11.7. The molecule has 1 amide bonds. The molecule has 1 atom stereocenters. The first-order valence-corrected chi connectivity index (χ1v) is 8.13. The Balaban J connectivity index is 1.70. The van der Waals surface area contributed by atoms with Gasteiger partial charge < -0.3 is 14.8 Å². The van der Waals surface area contributed by atoms with Crippen LogP contribution < -0.4 is 10.1 Å². The Kier molecular flexibility index (Phi) is 6.32. The van der Waals surface area contributed by atoms with Crippen LogP contribution in [0.4, 0.5) is 4.39 Å². The molecule has 2 rings (SSSR count). The lowest BCUT2D eigenvalue weighted by Gasteiger charge is -2.11. The highest BCUT2D eigenvalue weighted by Crippen LogP contribution is 2.24. The van der Waals surface area contributed by atoms with Crippen molar-refractivity contribution in [1.29, 1.82) is 0 Å². The summed E-state index contributed by atoms with van der Waals surface area (Å²) in [6, 6.07) is 4.40. The Labute approximate surface area is 128 Å². The SMILES string of the molecule is COc1ccc(F)cc1CSCC(=O)NCC1CCCO1. The van der Waals surface area contributed by atoms with Crippen molar-refractivity contribution < 1.29 is 18.7 Å². The van der Waals surface area contributed by atoms with Gasteiger partial charge in [-0.3, -0.25) is 4.79 Å². The van der Waals surface area contributed by atoms with Crippen LogP contribution in [0.25, 0.3) is 0 Å². The van der Waals surface area contributed by atoms with Gasteiger partial charge in [0.15, 0.2) is 0 Å². The summed E-state index contributed by atoms with van der Waals surface area (Å²) in [6.45, 7) is 1.36. The Bertz CT molecular complexity index is 478. The van der Waals surface area contributed by atoms with E-state index in [4.69, 9.17) is 9.47 Å². The van der Waals surface area contributed by atoms with Crippen molar-refractivity contribution in [3.05, 3.63) is 29.6 Å². The Hall–Kier alpha value is -1.27. The smallest absolute Gasteiger partial charge is 0.230 e. The van der Waals surface area contributed by atoms with Gasteiger partial charge in [0.25, 0.3) is 0 Å². The standard InChI is InChI=1S/C15H20FNO3S/c1-19-14-5-4-12(16)7-11(14)9-21-10-15(18)17-8-13-3-2-6-20-13/h4-5,7,13H,2-3,6,8-10H2,1H3,(H,17,18). The quantitative estimate of drug-likeness (QED) is 0.839. The van der Waals surface area contributed by atoms with Gasteiger partial charge in [0.05, 0.1) is 19.0 Å². The summed E-state index contributed by atoms with van der Waals surface area (Å²) in [7, 11) is 1.55. The summed E-state index contributed by atoms with van der Waals surface area (Å²) in [6.07, 6.45) is 2.23. The number of thioether (sulfide) groups is 1. The molecule has 1 aliphatic rings. The summed E-state index contributed by atoms with van der Waals surface area (Å²) in [5.41, 5.74) is 0.759. The van der Waals surface area contributed by atoms with Gasteiger partial charge in [0, 0.05) is 24.5 Å². The number of methoxy groups -OCH3 is 1. The molecule has 116 valence electrons. The summed E-state index contributed by atoms with van der Waals surface area (Å²) < 4.78 is 23.8. The van der Waals surface area contributed by atoms with E-state index in [-0.39, 0.29) is 17.8 Å². The molecule has 6 heteroatoms. The van der Waals surface area contributed by atoms with Gasteiger partial charge in [-0.25, -0.2) is 4.39 Å². The molecule has 1 fully saturated rings. The molecule has 1 aromatic rings. The number of amides is 1. The molecule has 1 saturated heterocycles. The van der Waals surface area contributed by atoms with Crippen molar-refractivity contribution >= 4 is 17.7 Å². The van der Waals surface area contributed by atoms with Crippen molar-refractivity contribution in [3.63, 3.8) is 0 Å². The number of hydrogen-bond acceptors (Lipinski definition) is 4. The minimum Gasteiger partial charge on any atom is -0.496 e. The minimum absolute atomic E-state index is 0.0223. The first-order chi connectivity index (χ1) is 10.2. The van der Waals surface area contributed by atoms with E-state index in [9.17, 15) is 9.18 Å². The Morgan fingerprint density at radius 2 is 2.43 bits per heavy atom. The van der Waals surface area contributed by atoms with Gasteiger partial charge in [0.1, 0.15) is 11.6 Å². The van der Waals surface area contributed by atoms with Gasteiger partial charge >= 0.3 is 0 Å². The summed E-state index contributed by atoms with van der Waals surface area (Å²) >= 11 is 1.44. The number of benzene rings is 1. The molecule has 0 aromatic heterocycles. The minimum atomic E-state index is -0.297. The number of halogens is 1. The second kappa shape index (κ2) is 8.24. The predicted octanol–water partition coefficient (Wildman–Crippen LogP) is 2.36. The van der Waals surface area contributed by atoms with Crippen LogP contribution in [-0.4, -0.2) is 38.0 Å². The molecule has 1 heterocycles. The van der Waals surface area contributed by atoms with Crippen molar-refractivity contribution in [3.8, 4) is 5.75 Å². The number of hydrogen-bond donors (Lipinski definition) is 1. The number of carbonyl (C=O) groups is 1. The first-order valence-electron chi connectivity index (χ1n) is 6.97. The molecule has 21 heavy (non-hydrogen) atoms. The normalized spacial score (nSPS) is 17.7. The Morgan fingerprint density at radius 1 is 1.57 bits per heavy atom. The van der Waals surface area contributed by atoms with Gasteiger partial charge in [-0.1, -0.05) is 0 Å². The zero-order valence-electron chi connectivity index (χ0n) is 12.1. The predicted molar refractivity (Wildman–Crippen MR) is 81.1 cm³/mol. The molecule has 0 aliphatic carbocycles. The van der Waals surface area contributed by atoms with Crippen LogP contribution in [0.2, 0.25) is 0 Å². The molecule has 4 nitrogen and oxygen atoms in total. The molecule has 0 bridgehead atoms. The summed E-state index contributed by atoms with van der Waals surface area (Å²) in [5.74, 6) is 1.20. The molecule has 0 spiro atoms. The number of carbonyl (C=O) groups excluding carboxylic acids is 1. The fourth-order valence-corrected chi connectivity index (χ4v) is 3.03. The van der Waals surface area contributed by atoms with E-state index < -0.39 is 0 Å². The molecule has 1 unspecified atom stereocenters. The average Bonchev–Trinajstić information content (AvgIpc) is 2.99. The van der Waals surface area contributed by atoms with E-state index in [1.807, 2.05) is 0 Å². The zero-order valence-corrected chi connectivity index (χ0v) is 12.9. The van der Waals surface area contributed by atoms with Gasteiger partial charge in [0.2, 0.25) is 5.91 Å². The topological polar surface area (TPSA) is 47.6 Å². The number of nitrogens with one attached hydrogen (secondary N) is 1. The average molecular weight is 313 g/mol. The fourth-order valence-electron chi connectivity index (χ4n) is 2.20. The second-order valence-corrected chi connectivity index (χ2v) is 5.87. The third-order valence-corrected chi connectivity index (χ3v) is 4.27. The van der Waals surface area contributed by atoms with Crippen molar-refractivity contribution in [2.75, 3.05) is 26.0 Å². The third-order valence-electron chi connectivity index (χ3n) is 3.28. The van der Waals surface area contributed by atoms with E-state index in [0.29, 0.717) is 23.8 Å². The lowest BCUT2D eigenvalue weighted by atomic mass is 10.2.